The molecule has 0 radical (unpaired) electrons. The maximum atomic E-state index is 6.00. The first kappa shape index (κ1) is 10.7. The summed E-state index contributed by atoms with van der Waals surface area (Å²) in [6, 6.07) is 4.67. The predicted molar refractivity (Wildman–Crippen MR) is 60.1 cm³/mol. The van der Waals surface area contributed by atoms with Gasteiger partial charge in [0.2, 0.25) is 0 Å². The fourth-order valence-corrected chi connectivity index (χ4v) is 2.23. The molecule has 1 heterocycles. The highest BCUT2D eigenvalue weighted by Crippen LogP contribution is 2.14. The third-order valence-electron chi connectivity index (χ3n) is 2.12. The Hall–Kier alpha value is -0.340. The quantitative estimate of drug-likeness (QED) is 0.771. The SMILES string of the molecule is CC(C)CC(N)CCc1cccs1. The maximum Gasteiger partial charge on any atom is 0.00458 e. The summed E-state index contributed by atoms with van der Waals surface area (Å²) >= 11 is 1.83. The van der Waals surface area contributed by atoms with Gasteiger partial charge in [0.15, 0.2) is 0 Å². The molecule has 0 aliphatic carbocycles. The average molecular weight is 197 g/mol. The zero-order valence-corrected chi connectivity index (χ0v) is 9.31. The molecule has 0 aliphatic rings. The first-order valence-corrected chi connectivity index (χ1v) is 5.84. The van der Waals surface area contributed by atoms with Crippen LogP contribution in [0.3, 0.4) is 0 Å². The van der Waals surface area contributed by atoms with Crippen LogP contribution < -0.4 is 5.73 Å². The lowest BCUT2D eigenvalue weighted by atomic mass is 10.0. The lowest BCUT2D eigenvalue weighted by Gasteiger charge is -2.12. The van der Waals surface area contributed by atoms with Crippen LogP contribution in [0.25, 0.3) is 0 Å². The Morgan fingerprint density at radius 2 is 2.23 bits per heavy atom. The van der Waals surface area contributed by atoms with Crippen molar-refractivity contribution in [1.29, 1.82) is 0 Å². The zero-order valence-electron chi connectivity index (χ0n) is 8.49. The van der Waals surface area contributed by atoms with Crippen molar-refractivity contribution < 1.29 is 0 Å². The van der Waals surface area contributed by atoms with Gasteiger partial charge in [-0.3, -0.25) is 0 Å². The van der Waals surface area contributed by atoms with Crippen molar-refractivity contribution in [3.63, 3.8) is 0 Å². The van der Waals surface area contributed by atoms with E-state index in [1.807, 2.05) is 11.3 Å². The molecule has 1 aromatic rings. The molecule has 1 unspecified atom stereocenters. The fraction of sp³-hybridized carbons (Fsp3) is 0.636. The molecule has 1 nitrogen and oxygen atoms in total. The largest absolute Gasteiger partial charge is 0.328 e. The molecule has 0 fully saturated rings. The summed E-state index contributed by atoms with van der Waals surface area (Å²) in [7, 11) is 0. The van der Waals surface area contributed by atoms with Crippen LogP contribution in [0.5, 0.6) is 0 Å². The van der Waals surface area contributed by atoms with E-state index in [1.54, 1.807) is 0 Å². The van der Waals surface area contributed by atoms with E-state index in [9.17, 15) is 0 Å². The number of hydrogen-bond acceptors (Lipinski definition) is 2. The molecule has 0 saturated heterocycles. The van der Waals surface area contributed by atoms with E-state index in [-0.39, 0.29) is 0 Å². The standard InChI is InChI=1S/C11H19NS/c1-9(2)8-10(12)5-6-11-4-3-7-13-11/h3-4,7,9-10H,5-6,8,12H2,1-2H3. The fourth-order valence-electron chi connectivity index (χ4n) is 1.51. The second kappa shape index (κ2) is 5.40. The van der Waals surface area contributed by atoms with Crippen LogP contribution in [0.2, 0.25) is 0 Å². The van der Waals surface area contributed by atoms with Crippen LogP contribution in [0.1, 0.15) is 31.6 Å². The minimum Gasteiger partial charge on any atom is -0.328 e. The van der Waals surface area contributed by atoms with Gasteiger partial charge in [-0.15, -0.1) is 11.3 Å². The minimum atomic E-state index is 0.377. The van der Waals surface area contributed by atoms with Gasteiger partial charge in [0, 0.05) is 10.9 Å². The van der Waals surface area contributed by atoms with Gasteiger partial charge in [-0.2, -0.15) is 0 Å². The van der Waals surface area contributed by atoms with Crippen LogP contribution in [-0.2, 0) is 6.42 Å². The molecule has 0 aromatic carbocycles. The lowest BCUT2D eigenvalue weighted by molar-refractivity contribution is 0.474. The average Bonchev–Trinajstić information content (AvgIpc) is 2.51. The first-order chi connectivity index (χ1) is 6.18. The monoisotopic (exact) mass is 197 g/mol. The molecule has 0 aliphatic heterocycles. The molecule has 2 N–H and O–H groups in total. The van der Waals surface area contributed by atoms with Crippen molar-refractivity contribution >= 4 is 11.3 Å². The van der Waals surface area contributed by atoms with Crippen molar-refractivity contribution in [1.82, 2.24) is 0 Å². The zero-order chi connectivity index (χ0) is 9.68. The van der Waals surface area contributed by atoms with Gasteiger partial charge in [0.25, 0.3) is 0 Å². The summed E-state index contributed by atoms with van der Waals surface area (Å²) in [5.74, 6) is 0.721. The number of hydrogen-bond donors (Lipinski definition) is 1. The third-order valence-corrected chi connectivity index (χ3v) is 3.05. The summed E-state index contributed by atoms with van der Waals surface area (Å²) in [6.07, 6.45) is 3.41. The van der Waals surface area contributed by atoms with E-state index in [0.717, 1.165) is 25.2 Å². The summed E-state index contributed by atoms with van der Waals surface area (Å²) in [5, 5.41) is 2.13. The van der Waals surface area contributed by atoms with Crippen molar-refractivity contribution in [3.8, 4) is 0 Å². The number of thiophene rings is 1. The van der Waals surface area contributed by atoms with E-state index in [0.29, 0.717) is 6.04 Å². The Balaban J connectivity index is 2.19. The Morgan fingerprint density at radius 3 is 2.77 bits per heavy atom. The third kappa shape index (κ3) is 4.44. The molecule has 0 bridgehead atoms. The predicted octanol–water partition coefficient (Wildman–Crippen LogP) is 3.05. The molecule has 13 heavy (non-hydrogen) atoms. The molecule has 0 saturated carbocycles. The Bertz CT molecular complexity index is 216. The molecule has 0 spiro atoms. The van der Waals surface area contributed by atoms with Crippen LogP contribution in [0.15, 0.2) is 17.5 Å². The maximum absolute atomic E-state index is 6.00. The van der Waals surface area contributed by atoms with Crippen LogP contribution in [-0.4, -0.2) is 6.04 Å². The second-order valence-corrected chi connectivity index (χ2v) is 5.04. The summed E-state index contributed by atoms with van der Waals surface area (Å²) in [6.45, 7) is 4.45. The molecule has 1 rings (SSSR count). The number of aryl methyl sites for hydroxylation is 1. The first-order valence-electron chi connectivity index (χ1n) is 4.96. The molecular weight excluding hydrogens is 178 g/mol. The van der Waals surface area contributed by atoms with Crippen molar-refractivity contribution in [2.45, 2.75) is 39.2 Å². The number of nitrogens with two attached hydrogens (primary N) is 1. The molecule has 1 aromatic heterocycles. The highest BCUT2D eigenvalue weighted by molar-refractivity contribution is 7.09. The van der Waals surface area contributed by atoms with Crippen LogP contribution in [0.4, 0.5) is 0 Å². The van der Waals surface area contributed by atoms with E-state index >= 15 is 0 Å². The van der Waals surface area contributed by atoms with Gasteiger partial charge in [0.1, 0.15) is 0 Å². The van der Waals surface area contributed by atoms with E-state index in [2.05, 4.69) is 31.4 Å². The molecule has 1 atom stereocenters. The smallest absolute Gasteiger partial charge is 0.00458 e. The normalized spacial score (nSPS) is 13.5. The van der Waals surface area contributed by atoms with Gasteiger partial charge >= 0.3 is 0 Å². The minimum absolute atomic E-state index is 0.377. The molecular formula is C11H19NS. The van der Waals surface area contributed by atoms with Crippen LogP contribution >= 0.6 is 11.3 Å². The van der Waals surface area contributed by atoms with Crippen molar-refractivity contribution in [2.24, 2.45) is 11.7 Å². The highest BCUT2D eigenvalue weighted by atomic mass is 32.1. The van der Waals surface area contributed by atoms with Gasteiger partial charge < -0.3 is 5.73 Å². The summed E-state index contributed by atoms with van der Waals surface area (Å²) in [4.78, 5) is 1.46. The summed E-state index contributed by atoms with van der Waals surface area (Å²) in [5.41, 5.74) is 6.00. The van der Waals surface area contributed by atoms with Gasteiger partial charge in [-0.25, -0.2) is 0 Å². The Kier molecular flexibility index (Phi) is 4.46. The Labute approximate surface area is 85.0 Å². The highest BCUT2D eigenvalue weighted by Gasteiger charge is 2.05. The lowest BCUT2D eigenvalue weighted by Crippen LogP contribution is -2.22. The number of rotatable bonds is 5. The van der Waals surface area contributed by atoms with Crippen molar-refractivity contribution in [2.75, 3.05) is 0 Å². The van der Waals surface area contributed by atoms with Crippen molar-refractivity contribution in [3.05, 3.63) is 22.4 Å². The van der Waals surface area contributed by atoms with E-state index in [4.69, 9.17) is 5.73 Å². The summed E-state index contributed by atoms with van der Waals surface area (Å²) < 4.78 is 0. The molecule has 2 heteroatoms. The molecule has 0 amide bonds. The molecule has 74 valence electrons. The Morgan fingerprint density at radius 1 is 1.46 bits per heavy atom. The second-order valence-electron chi connectivity index (χ2n) is 4.01. The topological polar surface area (TPSA) is 26.0 Å². The van der Waals surface area contributed by atoms with Gasteiger partial charge in [-0.05, 0) is 36.6 Å². The van der Waals surface area contributed by atoms with Gasteiger partial charge in [0.05, 0.1) is 0 Å². The van der Waals surface area contributed by atoms with E-state index < -0.39 is 0 Å². The van der Waals surface area contributed by atoms with Crippen LogP contribution in [0, 0.1) is 5.92 Å². The van der Waals surface area contributed by atoms with Gasteiger partial charge in [-0.1, -0.05) is 19.9 Å². The van der Waals surface area contributed by atoms with E-state index in [1.165, 1.54) is 4.88 Å².